The maximum Gasteiger partial charge on any atom is 0.272 e. The highest BCUT2D eigenvalue weighted by molar-refractivity contribution is 5.63. The molecule has 2 heterocycles. The molecule has 0 saturated carbocycles. The maximum atomic E-state index is 5.17. The van der Waals surface area contributed by atoms with Gasteiger partial charge in [-0.3, -0.25) is 10.3 Å². The summed E-state index contributed by atoms with van der Waals surface area (Å²) in [4.78, 5) is 17.1. The van der Waals surface area contributed by atoms with Crippen LogP contribution >= 0.6 is 0 Å². The summed E-state index contributed by atoms with van der Waals surface area (Å²) in [5.74, 6) is 1.56. The normalized spacial score (nSPS) is 11.2. The number of hydrogen-bond donors (Lipinski definition) is 1. The third-order valence-electron chi connectivity index (χ3n) is 2.97. The minimum Gasteiger partial charge on any atom is -0.497 e. The van der Waals surface area contributed by atoms with E-state index in [2.05, 4.69) is 30.4 Å². The molecule has 0 bridgehead atoms. The molecule has 0 aliphatic rings. The quantitative estimate of drug-likeness (QED) is 0.437. The first kappa shape index (κ1) is 14.0. The van der Waals surface area contributed by atoms with Crippen molar-refractivity contribution in [2.45, 2.75) is 0 Å². The Hall–Kier alpha value is -3.00. The molecule has 0 unspecified atom stereocenters. The molecule has 1 aromatic carbocycles. The van der Waals surface area contributed by atoms with E-state index in [1.165, 1.54) is 13.4 Å². The van der Waals surface area contributed by atoms with Gasteiger partial charge in [0.1, 0.15) is 12.1 Å². The number of nitrogens with one attached hydrogen (secondary N) is 1. The Morgan fingerprint density at radius 2 is 2.00 bits per heavy atom. The number of hydrogen-bond acceptors (Lipinski definition) is 6. The fourth-order valence-corrected chi connectivity index (χ4v) is 1.96. The minimum atomic E-state index is 0.290. The standard InChI is InChI=1S/C14H14N6O2/c1-21-11-5-3-10(4-6-11)12-7-8-15-14-18-13(19-20(12)14)16-9-17-22-2/h3-9H,1-2H3,(H,16,17,19). The number of hydroxylamine groups is 1. The van der Waals surface area contributed by atoms with E-state index in [0.717, 1.165) is 17.0 Å². The Labute approximate surface area is 126 Å². The van der Waals surface area contributed by atoms with Gasteiger partial charge in [-0.05, 0) is 30.3 Å². The van der Waals surface area contributed by atoms with Crippen LogP contribution in [0.15, 0.2) is 41.5 Å². The van der Waals surface area contributed by atoms with Crippen LogP contribution in [0.3, 0.4) is 0 Å². The molecule has 0 aliphatic carbocycles. The lowest BCUT2D eigenvalue weighted by Gasteiger charge is -2.04. The highest BCUT2D eigenvalue weighted by Gasteiger charge is 2.09. The fraction of sp³-hybridized carbons (Fsp3) is 0.143. The van der Waals surface area contributed by atoms with Crippen LogP contribution in [0, 0.1) is 0 Å². The molecule has 3 aromatic rings. The molecular weight excluding hydrogens is 284 g/mol. The summed E-state index contributed by atoms with van der Waals surface area (Å²) >= 11 is 0. The molecule has 112 valence electrons. The van der Waals surface area contributed by atoms with Gasteiger partial charge in [-0.2, -0.15) is 14.5 Å². The van der Waals surface area contributed by atoms with Gasteiger partial charge in [0.05, 0.1) is 19.9 Å². The third-order valence-corrected chi connectivity index (χ3v) is 2.97. The molecule has 0 aliphatic heterocycles. The van der Waals surface area contributed by atoms with Gasteiger partial charge in [0.15, 0.2) is 0 Å². The Morgan fingerprint density at radius 3 is 2.73 bits per heavy atom. The van der Waals surface area contributed by atoms with Gasteiger partial charge in [-0.25, -0.2) is 4.98 Å². The van der Waals surface area contributed by atoms with Crippen LogP contribution in [0.4, 0.5) is 5.95 Å². The Morgan fingerprint density at radius 1 is 1.18 bits per heavy atom. The molecule has 3 rings (SSSR count). The number of fused-ring (bicyclic) bond motifs is 1. The van der Waals surface area contributed by atoms with E-state index >= 15 is 0 Å². The SMILES string of the molecule is CON/C=N/c1nc2nccc(-c3ccc(OC)cc3)n2n1. The summed E-state index contributed by atoms with van der Waals surface area (Å²) < 4.78 is 6.81. The van der Waals surface area contributed by atoms with Crippen molar-refractivity contribution in [3.05, 3.63) is 36.5 Å². The number of nitrogens with zero attached hydrogens (tertiary/aromatic N) is 5. The first-order chi connectivity index (χ1) is 10.8. The smallest absolute Gasteiger partial charge is 0.272 e. The molecular formula is C14H14N6O2. The summed E-state index contributed by atoms with van der Waals surface area (Å²) in [6.07, 6.45) is 3.05. The van der Waals surface area contributed by atoms with E-state index in [4.69, 9.17) is 4.74 Å². The lowest BCUT2D eigenvalue weighted by atomic mass is 10.1. The second-order valence-corrected chi connectivity index (χ2v) is 4.26. The van der Waals surface area contributed by atoms with E-state index < -0.39 is 0 Å². The van der Waals surface area contributed by atoms with E-state index in [1.54, 1.807) is 17.8 Å². The van der Waals surface area contributed by atoms with Crippen molar-refractivity contribution >= 4 is 18.1 Å². The van der Waals surface area contributed by atoms with Crippen molar-refractivity contribution in [1.29, 1.82) is 0 Å². The topological polar surface area (TPSA) is 85.9 Å². The summed E-state index contributed by atoms with van der Waals surface area (Å²) in [7, 11) is 3.13. The van der Waals surface area contributed by atoms with Crippen molar-refractivity contribution in [3.8, 4) is 17.0 Å². The van der Waals surface area contributed by atoms with Crippen molar-refractivity contribution in [2.75, 3.05) is 14.2 Å². The highest BCUT2D eigenvalue weighted by Crippen LogP contribution is 2.22. The molecule has 22 heavy (non-hydrogen) atoms. The number of methoxy groups -OCH3 is 1. The largest absolute Gasteiger partial charge is 0.497 e. The first-order valence-corrected chi connectivity index (χ1v) is 6.49. The maximum absolute atomic E-state index is 5.17. The molecule has 0 spiro atoms. The van der Waals surface area contributed by atoms with Crippen LogP contribution in [0.2, 0.25) is 0 Å². The van der Waals surface area contributed by atoms with Crippen LogP contribution in [0.1, 0.15) is 0 Å². The van der Waals surface area contributed by atoms with Gasteiger partial charge in [0.25, 0.3) is 11.7 Å². The van der Waals surface area contributed by atoms with Crippen LogP contribution in [0.25, 0.3) is 17.0 Å². The average Bonchev–Trinajstić information content (AvgIpc) is 2.98. The van der Waals surface area contributed by atoms with Gasteiger partial charge >= 0.3 is 0 Å². The molecule has 0 atom stereocenters. The van der Waals surface area contributed by atoms with Gasteiger partial charge < -0.3 is 4.74 Å². The van der Waals surface area contributed by atoms with Gasteiger partial charge in [0, 0.05) is 11.8 Å². The van der Waals surface area contributed by atoms with Crippen molar-refractivity contribution in [2.24, 2.45) is 4.99 Å². The van der Waals surface area contributed by atoms with Crippen LogP contribution in [0.5, 0.6) is 5.75 Å². The minimum absolute atomic E-state index is 0.290. The lowest BCUT2D eigenvalue weighted by Crippen LogP contribution is -2.07. The summed E-state index contributed by atoms with van der Waals surface area (Å²) in [6, 6.07) is 9.54. The predicted octanol–water partition coefficient (Wildman–Crippen LogP) is 1.61. The van der Waals surface area contributed by atoms with Crippen LogP contribution in [-0.2, 0) is 4.84 Å². The summed E-state index contributed by atoms with van der Waals surface area (Å²) in [5, 5.41) is 4.32. The zero-order chi connectivity index (χ0) is 15.4. The van der Waals surface area contributed by atoms with Crippen molar-refractivity contribution in [1.82, 2.24) is 25.1 Å². The Balaban J connectivity index is 2.01. The number of aromatic nitrogens is 4. The van der Waals surface area contributed by atoms with E-state index in [1.807, 2.05) is 30.3 Å². The number of rotatable bonds is 5. The molecule has 0 fully saturated rings. The molecule has 8 nitrogen and oxygen atoms in total. The van der Waals surface area contributed by atoms with E-state index in [-0.39, 0.29) is 5.95 Å². The van der Waals surface area contributed by atoms with E-state index in [0.29, 0.717) is 5.78 Å². The van der Waals surface area contributed by atoms with Gasteiger partial charge in [0.2, 0.25) is 0 Å². The average molecular weight is 298 g/mol. The number of aliphatic imine (C=N–C) groups is 1. The molecule has 1 N–H and O–H groups in total. The van der Waals surface area contributed by atoms with E-state index in [9.17, 15) is 0 Å². The zero-order valence-electron chi connectivity index (χ0n) is 12.1. The molecule has 0 saturated heterocycles. The number of ether oxygens (including phenoxy) is 1. The Bertz CT molecular complexity index is 797. The van der Waals surface area contributed by atoms with Crippen LogP contribution in [-0.4, -0.2) is 40.1 Å². The fourth-order valence-electron chi connectivity index (χ4n) is 1.96. The van der Waals surface area contributed by atoms with Crippen LogP contribution < -0.4 is 10.2 Å². The summed E-state index contributed by atoms with van der Waals surface area (Å²) in [6.45, 7) is 0. The van der Waals surface area contributed by atoms with Crippen molar-refractivity contribution in [3.63, 3.8) is 0 Å². The summed E-state index contributed by atoms with van der Waals surface area (Å²) in [5.41, 5.74) is 4.32. The molecule has 0 radical (unpaired) electrons. The number of benzene rings is 1. The third kappa shape index (κ3) is 2.72. The molecule has 8 heteroatoms. The molecule has 2 aromatic heterocycles. The van der Waals surface area contributed by atoms with Gasteiger partial charge in [-0.15, -0.1) is 5.10 Å². The zero-order valence-corrected chi connectivity index (χ0v) is 12.1. The monoisotopic (exact) mass is 298 g/mol. The predicted molar refractivity (Wildman–Crippen MR) is 81.1 cm³/mol. The second-order valence-electron chi connectivity index (χ2n) is 4.26. The van der Waals surface area contributed by atoms with Crippen molar-refractivity contribution < 1.29 is 9.57 Å². The Kier molecular flexibility index (Phi) is 3.92. The first-order valence-electron chi connectivity index (χ1n) is 6.49. The lowest BCUT2D eigenvalue weighted by molar-refractivity contribution is 0.148. The highest BCUT2D eigenvalue weighted by atomic mass is 16.6. The second kappa shape index (κ2) is 6.19. The molecule has 0 amide bonds. The van der Waals surface area contributed by atoms with Gasteiger partial charge in [-0.1, -0.05) is 0 Å².